The van der Waals surface area contributed by atoms with Gasteiger partial charge in [-0.1, -0.05) is 32.6 Å². The molecule has 1 rings (SSSR count). The lowest BCUT2D eigenvalue weighted by molar-refractivity contribution is 0.0497. The fraction of sp³-hybridized carbons (Fsp3) is 0.538. The molecule has 88 valence electrons. The van der Waals surface area contributed by atoms with Crippen molar-refractivity contribution in [2.45, 2.75) is 39.0 Å². The summed E-state index contributed by atoms with van der Waals surface area (Å²) in [7, 11) is 0. The molecule has 0 radical (unpaired) electrons. The van der Waals surface area contributed by atoms with Gasteiger partial charge in [0.25, 0.3) is 0 Å². The molecule has 0 aliphatic carbocycles. The fourth-order valence-corrected chi connectivity index (χ4v) is 1.44. The Balaban J connectivity index is 2.12. The minimum Gasteiger partial charge on any atom is -0.462 e. The van der Waals surface area contributed by atoms with Crippen LogP contribution in [-0.2, 0) is 4.74 Å². The molecule has 0 aromatic carbocycles. The van der Waals surface area contributed by atoms with E-state index in [4.69, 9.17) is 4.74 Å². The number of carbonyl (C=O) groups is 1. The first-order valence-corrected chi connectivity index (χ1v) is 5.91. The average molecular weight is 221 g/mol. The number of nitrogens with zero attached hydrogens (tertiary/aromatic N) is 1. The SMILES string of the molecule is CCCCCCCOC(=O)c1ccncc1. The lowest BCUT2D eigenvalue weighted by atomic mass is 10.2. The van der Waals surface area contributed by atoms with Gasteiger partial charge < -0.3 is 4.74 Å². The van der Waals surface area contributed by atoms with Crippen LogP contribution in [0.5, 0.6) is 0 Å². The fourth-order valence-electron chi connectivity index (χ4n) is 1.44. The van der Waals surface area contributed by atoms with E-state index in [-0.39, 0.29) is 5.97 Å². The van der Waals surface area contributed by atoms with Crippen LogP contribution in [0, 0.1) is 0 Å². The largest absolute Gasteiger partial charge is 0.462 e. The van der Waals surface area contributed by atoms with Crippen LogP contribution in [-0.4, -0.2) is 17.6 Å². The van der Waals surface area contributed by atoms with E-state index in [1.165, 1.54) is 19.3 Å². The zero-order chi connectivity index (χ0) is 11.6. The van der Waals surface area contributed by atoms with E-state index in [1.54, 1.807) is 24.5 Å². The molecule has 0 saturated carbocycles. The minimum absolute atomic E-state index is 0.252. The van der Waals surface area contributed by atoms with Crippen molar-refractivity contribution >= 4 is 5.97 Å². The highest BCUT2D eigenvalue weighted by atomic mass is 16.5. The number of hydrogen-bond donors (Lipinski definition) is 0. The topological polar surface area (TPSA) is 39.2 Å². The van der Waals surface area contributed by atoms with Crippen molar-refractivity contribution in [3.8, 4) is 0 Å². The second-order valence-corrected chi connectivity index (χ2v) is 3.79. The maximum atomic E-state index is 11.5. The van der Waals surface area contributed by atoms with Crippen LogP contribution >= 0.6 is 0 Å². The van der Waals surface area contributed by atoms with Gasteiger partial charge in [0.15, 0.2) is 0 Å². The molecule has 0 atom stereocenters. The first-order chi connectivity index (χ1) is 7.84. The molecule has 1 aromatic rings. The molecule has 0 spiro atoms. The van der Waals surface area contributed by atoms with Crippen molar-refractivity contribution in [3.63, 3.8) is 0 Å². The number of esters is 1. The van der Waals surface area contributed by atoms with Gasteiger partial charge in [0.2, 0.25) is 0 Å². The third-order valence-electron chi connectivity index (χ3n) is 2.40. The summed E-state index contributed by atoms with van der Waals surface area (Å²) in [5.74, 6) is -0.252. The number of pyridine rings is 1. The monoisotopic (exact) mass is 221 g/mol. The number of unbranched alkanes of at least 4 members (excludes halogenated alkanes) is 4. The second-order valence-electron chi connectivity index (χ2n) is 3.79. The number of rotatable bonds is 7. The van der Waals surface area contributed by atoms with E-state index >= 15 is 0 Å². The summed E-state index contributed by atoms with van der Waals surface area (Å²) < 4.78 is 5.14. The first kappa shape index (κ1) is 12.7. The van der Waals surface area contributed by atoms with Crippen LogP contribution in [0.25, 0.3) is 0 Å². The standard InChI is InChI=1S/C13H19NO2/c1-2-3-4-5-6-11-16-13(15)12-7-9-14-10-8-12/h7-10H,2-6,11H2,1H3. The van der Waals surface area contributed by atoms with Crippen LogP contribution in [0.4, 0.5) is 0 Å². The molecule has 16 heavy (non-hydrogen) atoms. The summed E-state index contributed by atoms with van der Waals surface area (Å²) in [5, 5.41) is 0. The van der Waals surface area contributed by atoms with Gasteiger partial charge in [0, 0.05) is 12.4 Å². The van der Waals surface area contributed by atoms with Crippen molar-refractivity contribution in [1.29, 1.82) is 0 Å². The average Bonchev–Trinajstić information content (AvgIpc) is 2.34. The molecule has 0 saturated heterocycles. The third kappa shape index (κ3) is 4.91. The summed E-state index contributed by atoms with van der Waals surface area (Å²) in [6.07, 6.45) is 9.00. The molecule has 0 fully saturated rings. The molecule has 3 heteroatoms. The highest BCUT2D eigenvalue weighted by molar-refractivity contribution is 5.89. The predicted molar refractivity (Wildman–Crippen MR) is 63.3 cm³/mol. The van der Waals surface area contributed by atoms with Crippen LogP contribution in [0.15, 0.2) is 24.5 Å². The molecular weight excluding hydrogens is 202 g/mol. The molecule has 1 aromatic heterocycles. The maximum Gasteiger partial charge on any atom is 0.338 e. The van der Waals surface area contributed by atoms with Gasteiger partial charge in [-0.2, -0.15) is 0 Å². The lowest BCUT2D eigenvalue weighted by Crippen LogP contribution is -2.06. The zero-order valence-corrected chi connectivity index (χ0v) is 9.82. The highest BCUT2D eigenvalue weighted by Crippen LogP contribution is 2.04. The van der Waals surface area contributed by atoms with E-state index in [1.807, 2.05) is 0 Å². The van der Waals surface area contributed by atoms with Crippen LogP contribution in [0.3, 0.4) is 0 Å². The summed E-state index contributed by atoms with van der Waals surface area (Å²) >= 11 is 0. The number of aromatic nitrogens is 1. The Kier molecular flexibility index (Phi) is 6.23. The molecule has 0 unspecified atom stereocenters. The number of carbonyl (C=O) groups excluding carboxylic acids is 1. The van der Waals surface area contributed by atoms with E-state index < -0.39 is 0 Å². The molecule has 0 N–H and O–H groups in total. The normalized spacial score (nSPS) is 10.1. The number of hydrogen-bond acceptors (Lipinski definition) is 3. The van der Waals surface area contributed by atoms with E-state index in [0.29, 0.717) is 12.2 Å². The minimum atomic E-state index is -0.252. The van der Waals surface area contributed by atoms with Gasteiger partial charge >= 0.3 is 5.97 Å². The summed E-state index contributed by atoms with van der Waals surface area (Å²) in [4.78, 5) is 15.3. The molecule has 0 bridgehead atoms. The van der Waals surface area contributed by atoms with Crippen molar-refractivity contribution in [3.05, 3.63) is 30.1 Å². The Bertz CT molecular complexity index is 298. The van der Waals surface area contributed by atoms with Crippen molar-refractivity contribution in [2.24, 2.45) is 0 Å². The Morgan fingerprint density at radius 2 is 1.88 bits per heavy atom. The second kappa shape index (κ2) is 7.85. The molecule has 1 heterocycles. The van der Waals surface area contributed by atoms with Gasteiger partial charge in [-0.3, -0.25) is 4.98 Å². The predicted octanol–water partition coefficient (Wildman–Crippen LogP) is 3.21. The van der Waals surface area contributed by atoms with Gasteiger partial charge in [-0.15, -0.1) is 0 Å². The molecule has 0 amide bonds. The Hall–Kier alpha value is -1.38. The lowest BCUT2D eigenvalue weighted by Gasteiger charge is -2.04. The van der Waals surface area contributed by atoms with Gasteiger partial charge in [0.05, 0.1) is 12.2 Å². The zero-order valence-electron chi connectivity index (χ0n) is 9.82. The summed E-state index contributed by atoms with van der Waals surface area (Å²) in [6.45, 7) is 2.70. The van der Waals surface area contributed by atoms with Crippen LogP contribution < -0.4 is 0 Å². The first-order valence-electron chi connectivity index (χ1n) is 5.91. The van der Waals surface area contributed by atoms with Crippen molar-refractivity contribution in [2.75, 3.05) is 6.61 Å². The van der Waals surface area contributed by atoms with Gasteiger partial charge in [-0.05, 0) is 18.6 Å². The summed E-state index contributed by atoms with van der Waals surface area (Å²) in [5.41, 5.74) is 0.573. The molecule has 0 aliphatic rings. The number of ether oxygens (including phenoxy) is 1. The van der Waals surface area contributed by atoms with Crippen LogP contribution in [0.1, 0.15) is 49.4 Å². The van der Waals surface area contributed by atoms with E-state index in [0.717, 1.165) is 12.8 Å². The Morgan fingerprint density at radius 1 is 1.19 bits per heavy atom. The molecule has 0 aliphatic heterocycles. The van der Waals surface area contributed by atoms with Crippen molar-refractivity contribution < 1.29 is 9.53 Å². The van der Waals surface area contributed by atoms with E-state index in [2.05, 4.69) is 11.9 Å². The van der Waals surface area contributed by atoms with E-state index in [9.17, 15) is 4.79 Å². The highest BCUT2D eigenvalue weighted by Gasteiger charge is 2.04. The van der Waals surface area contributed by atoms with Gasteiger partial charge in [-0.25, -0.2) is 4.79 Å². The quantitative estimate of drug-likeness (QED) is 0.524. The van der Waals surface area contributed by atoms with Gasteiger partial charge in [0.1, 0.15) is 0 Å². The molecular formula is C13H19NO2. The Morgan fingerprint density at radius 3 is 2.56 bits per heavy atom. The van der Waals surface area contributed by atoms with Crippen molar-refractivity contribution in [1.82, 2.24) is 4.98 Å². The maximum absolute atomic E-state index is 11.5. The smallest absolute Gasteiger partial charge is 0.338 e. The molecule has 3 nitrogen and oxygen atoms in total. The third-order valence-corrected chi connectivity index (χ3v) is 2.40. The summed E-state index contributed by atoms with van der Waals surface area (Å²) in [6, 6.07) is 3.33. The van der Waals surface area contributed by atoms with Crippen LogP contribution in [0.2, 0.25) is 0 Å². The Labute approximate surface area is 96.8 Å².